The van der Waals surface area contributed by atoms with Crippen LogP contribution in [-0.2, 0) is 17.6 Å². The predicted octanol–water partition coefficient (Wildman–Crippen LogP) is 6.50. The van der Waals surface area contributed by atoms with Gasteiger partial charge < -0.3 is 11.1 Å². The van der Waals surface area contributed by atoms with E-state index in [9.17, 15) is 4.79 Å². The van der Waals surface area contributed by atoms with Crippen molar-refractivity contribution in [3.8, 4) is 11.1 Å². The molecule has 3 N–H and O–H groups in total. The van der Waals surface area contributed by atoms with Gasteiger partial charge in [0.25, 0.3) is 0 Å². The minimum absolute atomic E-state index is 0.00193. The molecule has 1 amide bonds. The fourth-order valence-electron chi connectivity index (χ4n) is 5.62. The molecular weight excluding hydrogens is 428 g/mol. The number of hydrogen-bond acceptors (Lipinski definition) is 2. The van der Waals surface area contributed by atoms with Crippen molar-refractivity contribution in [2.75, 3.05) is 0 Å². The predicted molar refractivity (Wildman–Crippen MR) is 146 cm³/mol. The number of nitrogens with two attached hydrogens (primary N) is 1. The highest BCUT2D eigenvalue weighted by Gasteiger charge is 2.25. The number of aryl methyl sites for hydroxylation is 4. The largest absolute Gasteiger partial charge is 0.348 e. The molecule has 3 nitrogen and oxygen atoms in total. The van der Waals surface area contributed by atoms with Gasteiger partial charge >= 0.3 is 0 Å². The molecule has 5 rings (SSSR count). The lowest BCUT2D eigenvalue weighted by atomic mass is 9.85. The molecule has 0 saturated carbocycles. The third-order valence-electron chi connectivity index (χ3n) is 7.46. The normalized spacial score (nSPS) is 16.1. The van der Waals surface area contributed by atoms with Crippen LogP contribution in [0.15, 0.2) is 72.8 Å². The number of carbonyl (C=O) groups is 1. The van der Waals surface area contributed by atoms with Crippen molar-refractivity contribution >= 4 is 16.7 Å². The van der Waals surface area contributed by atoms with Gasteiger partial charge in [-0.3, -0.25) is 4.79 Å². The van der Waals surface area contributed by atoms with Gasteiger partial charge in [-0.05, 0) is 108 Å². The Kier molecular flexibility index (Phi) is 6.44. The summed E-state index contributed by atoms with van der Waals surface area (Å²) < 4.78 is 0. The van der Waals surface area contributed by atoms with Gasteiger partial charge in [0.15, 0.2) is 0 Å². The quantitative estimate of drug-likeness (QED) is 0.356. The van der Waals surface area contributed by atoms with Gasteiger partial charge in [-0.25, -0.2) is 0 Å². The Bertz CT molecular complexity index is 1380. The highest BCUT2D eigenvalue weighted by Crippen LogP contribution is 2.34. The molecule has 178 valence electrons. The Morgan fingerprint density at radius 3 is 2.37 bits per heavy atom. The first-order chi connectivity index (χ1) is 16.9. The van der Waals surface area contributed by atoms with E-state index < -0.39 is 6.04 Å². The first kappa shape index (κ1) is 23.3. The zero-order valence-corrected chi connectivity index (χ0v) is 20.9. The standard InChI is InChI=1S/C32H34N2O/c1-20-15-21(2)28(22(3)16-20)19-30(33)32(35)34-31-10-6-9-24-12-14-27(18-29(24)31)26-13-11-23-7-4-5-8-25(23)17-26/h4-5,7-8,11-18,30-31H,6,9-10,19,33H2,1-3H3,(H,34,35)/t30-,31+/m0/s1. The maximum absolute atomic E-state index is 13.2. The minimum atomic E-state index is -0.566. The average Bonchev–Trinajstić information content (AvgIpc) is 2.85. The van der Waals surface area contributed by atoms with E-state index in [4.69, 9.17) is 5.73 Å². The van der Waals surface area contributed by atoms with Crippen LogP contribution in [0.3, 0.4) is 0 Å². The lowest BCUT2D eigenvalue weighted by Gasteiger charge is -2.28. The maximum atomic E-state index is 13.2. The van der Waals surface area contributed by atoms with Crippen molar-refractivity contribution in [1.29, 1.82) is 0 Å². The average molecular weight is 463 g/mol. The Hall–Kier alpha value is -3.43. The SMILES string of the molecule is Cc1cc(C)c(C[C@H](N)C(=O)N[C@@H]2CCCc3ccc(-c4ccc5ccccc5c4)cc32)c(C)c1. The molecule has 4 aromatic rings. The molecular formula is C32H34N2O. The highest BCUT2D eigenvalue weighted by atomic mass is 16.2. The summed E-state index contributed by atoms with van der Waals surface area (Å²) in [6, 6.07) is 25.5. The molecule has 4 aromatic carbocycles. The Labute approximate surface area is 208 Å². The highest BCUT2D eigenvalue weighted by molar-refractivity contribution is 5.87. The summed E-state index contributed by atoms with van der Waals surface area (Å²) in [5.41, 5.74) is 16.2. The Morgan fingerprint density at radius 1 is 0.914 bits per heavy atom. The second-order valence-corrected chi connectivity index (χ2v) is 10.1. The molecule has 0 aromatic heterocycles. The smallest absolute Gasteiger partial charge is 0.237 e. The van der Waals surface area contributed by atoms with Gasteiger partial charge in [-0.1, -0.05) is 66.2 Å². The van der Waals surface area contributed by atoms with E-state index in [1.165, 1.54) is 55.3 Å². The summed E-state index contributed by atoms with van der Waals surface area (Å²) in [5, 5.41) is 5.77. The molecule has 0 heterocycles. The monoisotopic (exact) mass is 462 g/mol. The second kappa shape index (κ2) is 9.67. The number of benzene rings is 4. The van der Waals surface area contributed by atoms with Crippen LogP contribution in [0.25, 0.3) is 21.9 Å². The van der Waals surface area contributed by atoms with Crippen LogP contribution in [0.5, 0.6) is 0 Å². The third kappa shape index (κ3) is 4.87. The van der Waals surface area contributed by atoms with E-state index in [1.807, 2.05) is 0 Å². The number of amides is 1. The van der Waals surface area contributed by atoms with Crippen molar-refractivity contribution in [3.63, 3.8) is 0 Å². The molecule has 2 atom stereocenters. The number of nitrogens with one attached hydrogen (secondary N) is 1. The van der Waals surface area contributed by atoms with E-state index in [1.54, 1.807) is 0 Å². The van der Waals surface area contributed by atoms with Crippen molar-refractivity contribution in [3.05, 3.63) is 106 Å². The molecule has 0 aliphatic heterocycles. The van der Waals surface area contributed by atoms with Crippen LogP contribution < -0.4 is 11.1 Å². The van der Waals surface area contributed by atoms with Crippen LogP contribution in [0, 0.1) is 20.8 Å². The van der Waals surface area contributed by atoms with Crippen LogP contribution in [0.2, 0.25) is 0 Å². The van der Waals surface area contributed by atoms with E-state index >= 15 is 0 Å². The molecule has 1 aliphatic carbocycles. The van der Waals surface area contributed by atoms with E-state index in [0.29, 0.717) is 6.42 Å². The van der Waals surface area contributed by atoms with Crippen molar-refractivity contribution in [2.45, 2.75) is 58.5 Å². The molecule has 0 unspecified atom stereocenters. The lowest BCUT2D eigenvalue weighted by molar-refractivity contribution is -0.123. The third-order valence-corrected chi connectivity index (χ3v) is 7.46. The van der Waals surface area contributed by atoms with Gasteiger partial charge in [0.05, 0.1) is 12.1 Å². The molecule has 0 fully saturated rings. The molecule has 1 aliphatic rings. The van der Waals surface area contributed by atoms with Crippen LogP contribution >= 0.6 is 0 Å². The zero-order chi connectivity index (χ0) is 24.5. The van der Waals surface area contributed by atoms with Gasteiger partial charge in [0.2, 0.25) is 5.91 Å². The first-order valence-electron chi connectivity index (χ1n) is 12.6. The van der Waals surface area contributed by atoms with Crippen LogP contribution in [-0.4, -0.2) is 11.9 Å². The zero-order valence-electron chi connectivity index (χ0n) is 20.9. The fourth-order valence-corrected chi connectivity index (χ4v) is 5.62. The summed E-state index contributed by atoms with van der Waals surface area (Å²) in [5.74, 6) is -0.0710. The number of rotatable bonds is 5. The van der Waals surface area contributed by atoms with E-state index in [0.717, 1.165) is 19.3 Å². The number of carbonyl (C=O) groups excluding carboxylic acids is 1. The van der Waals surface area contributed by atoms with E-state index in [-0.39, 0.29) is 11.9 Å². The van der Waals surface area contributed by atoms with Gasteiger partial charge in [-0.15, -0.1) is 0 Å². The van der Waals surface area contributed by atoms with Crippen LogP contribution in [0.4, 0.5) is 0 Å². The molecule has 0 bridgehead atoms. The van der Waals surface area contributed by atoms with Gasteiger partial charge in [0, 0.05) is 0 Å². The molecule has 0 saturated heterocycles. The van der Waals surface area contributed by atoms with Crippen LogP contribution in [0.1, 0.15) is 52.3 Å². The maximum Gasteiger partial charge on any atom is 0.237 e. The lowest BCUT2D eigenvalue weighted by Crippen LogP contribution is -2.44. The van der Waals surface area contributed by atoms with E-state index in [2.05, 4.69) is 98.9 Å². The topological polar surface area (TPSA) is 55.1 Å². The summed E-state index contributed by atoms with van der Waals surface area (Å²) in [6.45, 7) is 6.31. The van der Waals surface area contributed by atoms with Gasteiger partial charge in [-0.2, -0.15) is 0 Å². The molecule has 0 spiro atoms. The minimum Gasteiger partial charge on any atom is -0.348 e. The fraction of sp³-hybridized carbons (Fsp3) is 0.281. The van der Waals surface area contributed by atoms with Crippen molar-refractivity contribution in [1.82, 2.24) is 5.32 Å². The second-order valence-electron chi connectivity index (χ2n) is 10.1. The summed E-state index contributed by atoms with van der Waals surface area (Å²) in [7, 11) is 0. The Morgan fingerprint density at radius 2 is 1.60 bits per heavy atom. The number of fused-ring (bicyclic) bond motifs is 2. The van der Waals surface area contributed by atoms with Crippen molar-refractivity contribution < 1.29 is 4.79 Å². The Balaban J connectivity index is 1.37. The van der Waals surface area contributed by atoms with Gasteiger partial charge in [0.1, 0.15) is 0 Å². The number of hydrogen-bond donors (Lipinski definition) is 2. The molecule has 35 heavy (non-hydrogen) atoms. The summed E-state index contributed by atoms with van der Waals surface area (Å²) >= 11 is 0. The van der Waals surface area contributed by atoms with Crippen molar-refractivity contribution in [2.24, 2.45) is 5.73 Å². The molecule has 0 radical (unpaired) electrons. The first-order valence-corrected chi connectivity index (χ1v) is 12.6. The summed E-state index contributed by atoms with van der Waals surface area (Å²) in [6.07, 6.45) is 3.61. The molecule has 3 heteroatoms. The summed E-state index contributed by atoms with van der Waals surface area (Å²) in [4.78, 5) is 13.2.